The molecule has 1 spiro atoms. The minimum Gasteiger partial charge on any atom is -0.486 e. The summed E-state index contributed by atoms with van der Waals surface area (Å²) < 4.78 is 11.3. The van der Waals surface area contributed by atoms with E-state index in [2.05, 4.69) is 5.32 Å². The van der Waals surface area contributed by atoms with E-state index in [4.69, 9.17) is 9.47 Å². The zero-order valence-corrected chi connectivity index (χ0v) is 17.4. The van der Waals surface area contributed by atoms with Gasteiger partial charge >= 0.3 is 0 Å². The predicted molar refractivity (Wildman–Crippen MR) is 113 cm³/mol. The molecular weight excluding hydrogens is 396 g/mol. The Morgan fingerprint density at radius 1 is 1.04 bits per heavy atom. The van der Waals surface area contributed by atoms with Crippen LogP contribution >= 0.6 is 23.7 Å². The van der Waals surface area contributed by atoms with Gasteiger partial charge in [0.2, 0.25) is 0 Å². The van der Waals surface area contributed by atoms with Gasteiger partial charge in [0.15, 0.2) is 11.5 Å². The van der Waals surface area contributed by atoms with Gasteiger partial charge in [-0.05, 0) is 67.1 Å². The molecular formula is C21H25ClN2O3S. The molecule has 4 heterocycles. The molecule has 0 saturated carbocycles. The van der Waals surface area contributed by atoms with Gasteiger partial charge in [0, 0.05) is 24.5 Å². The Morgan fingerprint density at radius 2 is 1.82 bits per heavy atom. The largest absolute Gasteiger partial charge is 0.486 e. The van der Waals surface area contributed by atoms with Crippen molar-refractivity contribution in [1.82, 2.24) is 10.2 Å². The van der Waals surface area contributed by atoms with Gasteiger partial charge < -0.3 is 19.7 Å². The molecule has 1 aromatic heterocycles. The quantitative estimate of drug-likeness (QED) is 0.802. The van der Waals surface area contributed by atoms with E-state index in [9.17, 15) is 4.79 Å². The first-order chi connectivity index (χ1) is 13.2. The lowest BCUT2D eigenvalue weighted by Crippen LogP contribution is -2.43. The van der Waals surface area contributed by atoms with Crippen LogP contribution in [0.25, 0.3) is 10.4 Å². The van der Waals surface area contributed by atoms with Crippen LogP contribution in [0.1, 0.15) is 28.9 Å². The Bertz CT molecular complexity index is 853. The number of hydrogen-bond acceptors (Lipinski definition) is 5. The second kappa shape index (κ2) is 7.93. The monoisotopic (exact) mass is 420 g/mol. The molecule has 28 heavy (non-hydrogen) atoms. The van der Waals surface area contributed by atoms with Crippen molar-refractivity contribution < 1.29 is 14.3 Å². The lowest BCUT2D eigenvalue weighted by atomic mass is 9.78. The number of halogens is 1. The first-order valence-corrected chi connectivity index (χ1v) is 10.5. The number of fused-ring (bicyclic) bond motifs is 1. The van der Waals surface area contributed by atoms with Crippen LogP contribution in [-0.2, 0) is 0 Å². The molecule has 0 aliphatic carbocycles. The molecule has 0 atom stereocenters. The van der Waals surface area contributed by atoms with Crippen LogP contribution in [0, 0.1) is 5.41 Å². The number of amides is 1. The number of hydrogen-bond donors (Lipinski definition) is 1. The summed E-state index contributed by atoms with van der Waals surface area (Å²) in [6.45, 7) is 5.16. The van der Waals surface area contributed by atoms with Crippen LogP contribution in [0.3, 0.4) is 0 Å². The molecule has 1 amide bonds. The van der Waals surface area contributed by atoms with E-state index in [-0.39, 0.29) is 18.3 Å². The molecule has 2 saturated heterocycles. The third-order valence-electron chi connectivity index (χ3n) is 6.09. The molecule has 2 aromatic rings. The lowest BCUT2D eigenvalue weighted by Gasteiger charge is -2.38. The maximum absolute atomic E-state index is 13.0. The molecule has 3 aliphatic heterocycles. The van der Waals surface area contributed by atoms with Gasteiger partial charge in [-0.1, -0.05) is 0 Å². The van der Waals surface area contributed by atoms with Crippen molar-refractivity contribution in [2.75, 3.05) is 39.4 Å². The summed E-state index contributed by atoms with van der Waals surface area (Å²) in [5, 5.41) is 3.48. The van der Waals surface area contributed by atoms with E-state index in [0.717, 1.165) is 65.8 Å². The van der Waals surface area contributed by atoms with Crippen molar-refractivity contribution in [2.45, 2.75) is 19.3 Å². The van der Waals surface area contributed by atoms with E-state index in [1.807, 2.05) is 35.2 Å². The first kappa shape index (κ1) is 19.6. The Labute approximate surface area is 175 Å². The number of thiophene rings is 1. The highest BCUT2D eigenvalue weighted by Gasteiger charge is 2.38. The highest BCUT2D eigenvalue weighted by molar-refractivity contribution is 7.17. The van der Waals surface area contributed by atoms with Crippen molar-refractivity contribution >= 4 is 29.7 Å². The number of nitrogens with zero attached hydrogens (tertiary/aromatic N) is 1. The van der Waals surface area contributed by atoms with Crippen molar-refractivity contribution in [1.29, 1.82) is 0 Å². The number of nitrogens with one attached hydrogen (secondary N) is 1. The molecule has 2 fully saturated rings. The zero-order valence-electron chi connectivity index (χ0n) is 15.7. The molecule has 0 unspecified atom stereocenters. The second-order valence-electron chi connectivity index (χ2n) is 7.74. The number of likely N-dealkylation sites (tertiary alicyclic amines) is 1. The minimum atomic E-state index is 0. The van der Waals surface area contributed by atoms with Crippen LogP contribution in [0.5, 0.6) is 11.5 Å². The molecule has 3 aliphatic rings. The van der Waals surface area contributed by atoms with E-state index >= 15 is 0 Å². The van der Waals surface area contributed by atoms with E-state index in [0.29, 0.717) is 18.6 Å². The average Bonchev–Trinajstić information content (AvgIpc) is 3.38. The Kier molecular flexibility index (Phi) is 5.54. The fourth-order valence-corrected chi connectivity index (χ4v) is 5.34. The molecule has 5 rings (SSSR count). The van der Waals surface area contributed by atoms with Crippen LogP contribution in [0.4, 0.5) is 0 Å². The number of carbonyl (C=O) groups excluding carboxylic acids is 1. The summed E-state index contributed by atoms with van der Waals surface area (Å²) in [7, 11) is 0. The normalized spacial score (nSPS) is 20.1. The molecule has 5 nitrogen and oxygen atoms in total. The fraction of sp³-hybridized carbons (Fsp3) is 0.476. The average molecular weight is 421 g/mol. The molecule has 0 radical (unpaired) electrons. The standard InChI is InChI=1S/C21H24N2O3S.ClH/c24-20(23-9-6-21(7-10-23)5-8-22-14-21)19-4-3-18(27-19)15-1-2-16-17(13-15)26-12-11-25-16;/h1-4,13,22H,5-12,14H2;1H. The highest BCUT2D eigenvalue weighted by atomic mass is 35.5. The molecule has 150 valence electrons. The van der Waals surface area contributed by atoms with Gasteiger partial charge in [0.1, 0.15) is 13.2 Å². The maximum Gasteiger partial charge on any atom is 0.263 e. The summed E-state index contributed by atoms with van der Waals surface area (Å²) in [4.78, 5) is 16.9. The van der Waals surface area contributed by atoms with E-state index in [1.54, 1.807) is 11.3 Å². The van der Waals surface area contributed by atoms with Gasteiger partial charge in [-0.15, -0.1) is 23.7 Å². The summed E-state index contributed by atoms with van der Waals surface area (Å²) >= 11 is 1.56. The second-order valence-corrected chi connectivity index (χ2v) is 8.83. The van der Waals surface area contributed by atoms with Crippen LogP contribution < -0.4 is 14.8 Å². The van der Waals surface area contributed by atoms with Crippen molar-refractivity contribution in [3.05, 3.63) is 35.2 Å². The van der Waals surface area contributed by atoms with Gasteiger partial charge in [-0.25, -0.2) is 0 Å². The Morgan fingerprint density at radius 3 is 2.57 bits per heavy atom. The predicted octanol–water partition coefficient (Wildman–Crippen LogP) is 3.82. The summed E-state index contributed by atoms with van der Waals surface area (Å²) in [5.41, 5.74) is 1.50. The highest BCUT2D eigenvalue weighted by Crippen LogP contribution is 2.39. The lowest BCUT2D eigenvalue weighted by molar-refractivity contribution is 0.0612. The molecule has 0 bridgehead atoms. The maximum atomic E-state index is 13.0. The number of ether oxygens (including phenoxy) is 2. The van der Waals surface area contributed by atoms with E-state index < -0.39 is 0 Å². The van der Waals surface area contributed by atoms with Crippen molar-refractivity contribution in [3.63, 3.8) is 0 Å². The third-order valence-corrected chi connectivity index (χ3v) is 7.21. The molecule has 1 N–H and O–H groups in total. The summed E-state index contributed by atoms with van der Waals surface area (Å²) in [5.74, 6) is 1.75. The summed E-state index contributed by atoms with van der Waals surface area (Å²) in [6, 6.07) is 9.98. The van der Waals surface area contributed by atoms with Crippen molar-refractivity contribution in [2.24, 2.45) is 5.41 Å². The van der Waals surface area contributed by atoms with Gasteiger partial charge in [0.05, 0.1) is 4.88 Å². The van der Waals surface area contributed by atoms with Crippen molar-refractivity contribution in [3.8, 4) is 21.9 Å². The SMILES string of the molecule is Cl.O=C(c1ccc(-c2ccc3c(c2)OCCO3)s1)N1CCC2(CCNC2)CC1. The van der Waals surface area contributed by atoms with E-state index in [1.165, 1.54) is 6.42 Å². The van der Waals surface area contributed by atoms with Gasteiger partial charge in [-0.2, -0.15) is 0 Å². The Balaban J connectivity index is 0.00000192. The summed E-state index contributed by atoms with van der Waals surface area (Å²) in [6.07, 6.45) is 3.49. The van der Waals surface area contributed by atoms with Gasteiger partial charge in [0.25, 0.3) is 5.91 Å². The van der Waals surface area contributed by atoms with Crippen LogP contribution in [0.2, 0.25) is 0 Å². The number of benzene rings is 1. The number of carbonyl (C=O) groups is 1. The third kappa shape index (κ3) is 3.61. The molecule has 1 aromatic carbocycles. The topological polar surface area (TPSA) is 50.8 Å². The first-order valence-electron chi connectivity index (χ1n) is 9.72. The zero-order chi connectivity index (χ0) is 18.3. The van der Waals surface area contributed by atoms with Gasteiger partial charge in [-0.3, -0.25) is 4.79 Å². The number of rotatable bonds is 2. The minimum absolute atomic E-state index is 0. The smallest absolute Gasteiger partial charge is 0.263 e. The Hall–Kier alpha value is -1.76. The number of piperidine rings is 1. The van der Waals surface area contributed by atoms with Crippen LogP contribution in [-0.4, -0.2) is 50.2 Å². The molecule has 7 heteroatoms. The fourth-order valence-electron chi connectivity index (χ4n) is 4.37. The van der Waals surface area contributed by atoms with Crippen LogP contribution in [0.15, 0.2) is 30.3 Å².